The second kappa shape index (κ2) is 4.48. The third-order valence-corrected chi connectivity index (χ3v) is 4.60. The highest BCUT2D eigenvalue weighted by molar-refractivity contribution is 6.28. The van der Waals surface area contributed by atoms with Gasteiger partial charge in [-0.3, -0.25) is 9.59 Å². The molecule has 4 aromatic carbocycles. The third-order valence-electron chi connectivity index (χ3n) is 4.60. The monoisotopic (exact) mass is 330 g/mol. The molecule has 5 nitrogen and oxygen atoms in total. The predicted molar refractivity (Wildman–Crippen MR) is 95.8 cm³/mol. The summed E-state index contributed by atoms with van der Waals surface area (Å²) in [5.41, 5.74) is -0.316. The van der Waals surface area contributed by atoms with E-state index in [0.717, 1.165) is 0 Å². The average Bonchev–Trinajstić information content (AvgIpc) is 2.61. The summed E-state index contributed by atoms with van der Waals surface area (Å²) in [4.78, 5) is 24.9. The molecule has 0 bridgehead atoms. The van der Waals surface area contributed by atoms with Gasteiger partial charge in [0.15, 0.2) is 22.2 Å². The van der Waals surface area contributed by atoms with Crippen molar-refractivity contribution in [1.82, 2.24) is 0 Å². The van der Waals surface area contributed by atoms with Gasteiger partial charge in [-0.05, 0) is 23.6 Å². The average molecular weight is 330 g/mol. The van der Waals surface area contributed by atoms with E-state index in [-0.39, 0.29) is 33.2 Å². The Kier molecular flexibility index (Phi) is 2.47. The van der Waals surface area contributed by atoms with Crippen LogP contribution in [0.2, 0.25) is 0 Å². The molecule has 1 aromatic heterocycles. The Morgan fingerprint density at radius 2 is 1.52 bits per heavy atom. The van der Waals surface area contributed by atoms with Crippen LogP contribution < -0.4 is 10.9 Å². The zero-order valence-corrected chi connectivity index (χ0v) is 12.7. The molecule has 1 heterocycles. The van der Waals surface area contributed by atoms with Crippen LogP contribution in [0.25, 0.3) is 43.5 Å². The van der Waals surface area contributed by atoms with Crippen molar-refractivity contribution in [3.05, 3.63) is 69.0 Å². The highest BCUT2D eigenvalue weighted by atomic mass is 16.4. The van der Waals surface area contributed by atoms with Crippen LogP contribution in [0.15, 0.2) is 62.5 Å². The molecule has 0 aliphatic heterocycles. The Morgan fingerprint density at radius 1 is 0.760 bits per heavy atom. The molecule has 120 valence electrons. The minimum absolute atomic E-state index is 0.0724. The SMILES string of the molecule is O=c1cc2oc3c(O)c(O)ccc3c3c4ccccc4c(=O)c(c1)c23. The molecule has 25 heavy (non-hydrogen) atoms. The van der Waals surface area contributed by atoms with E-state index in [4.69, 9.17) is 4.42 Å². The van der Waals surface area contributed by atoms with Gasteiger partial charge in [0.1, 0.15) is 5.58 Å². The van der Waals surface area contributed by atoms with Gasteiger partial charge in [0, 0.05) is 33.0 Å². The van der Waals surface area contributed by atoms with E-state index in [0.29, 0.717) is 26.9 Å². The van der Waals surface area contributed by atoms with Crippen molar-refractivity contribution in [1.29, 1.82) is 0 Å². The third kappa shape index (κ3) is 1.67. The summed E-state index contributed by atoms with van der Waals surface area (Å²) in [5.74, 6) is -0.718. The van der Waals surface area contributed by atoms with Gasteiger partial charge in [0.25, 0.3) is 0 Å². The lowest BCUT2D eigenvalue weighted by Crippen LogP contribution is -2.08. The van der Waals surface area contributed by atoms with Crippen molar-refractivity contribution in [2.45, 2.75) is 0 Å². The second-order valence-corrected chi connectivity index (χ2v) is 6.01. The Bertz CT molecular complexity index is 1450. The normalized spacial score (nSPS) is 11.8. The van der Waals surface area contributed by atoms with Crippen LogP contribution in [0.3, 0.4) is 0 Å². The molecular weight excluding hydrogens is 320 g/mol. The summed E-state index contributed by atoms with van der Waals surface area (Å²) in [6.07, 6.45) is 0. The molecule has 5 rings (SSSR count). The van der Waals surface area contributed by atoms with Gasteiger partial charge in [-0.25, -0.2) is 0 Å². The van der Waals surface area contributed by atoms with Crippen LogP contribution in [0.4, 0.5) is 0 Å². The molecule has 0 amide bonds. The van der Waals surface area contributed by atoms with Gasteiger partial charge >= 0.3 is 0 Å². The maximum Gasteiger partial charge on any atom is 0.201 e. The van der Waals surface area contributed by atoms with Crippen LogP contribution in [0, 0.1) is 0 Å². The summed E-state index contributed by atoms with van der Waals surface area (Å²) in [7, 11) is 0. The first-order valence-electron chi connectivity index (χ1n) is 7.66. The fourth-order valence-corrected chi connectivity index (χ4v) is 3.54. The molecule has 5 heteroatoms. The fourth-order valence-electron chi connectivity index (χ4n) is 3.54. The maximum absolute atomic E-state index is 12.8. The van der Waals surface area contributed by atoms with Gasteiger partial charge in [-0.1, -0.05) is 24.3 Å². The van der Waals surface area contributed by atoms with Crippen LogP contribution in [-0.2, 0) is 0 Å². The van der Waals surface area contributed by atoms with E-state index < -0.39 is 5.75 Å². The molecule has 0 fully saturated rings. The number of aromatic hydroxyl groups is 2. The fraction of sp³-hybridized carbons (Fsp3) is 0. The summed E-state index contributed by atoms with van der Waals surface area (Å²) in [5, 5.41) is 23.3. The zero-order chi connectivity index (χ0) is 17.3. The quantitative estimate of drug-likeness (QED) is 0.258. The predicted octanol–water partition coefficient (Wildman–Crippen LogP) is 3.46. The van der Waals surface area contributed by atoms with Crippen LogP contribution >= 0.6 is 0 Å². The topological polar surface area (TPSA) is 87.7 Å². The molecule has 0 atom stereocenters. The molecule has 0 aliphatic carbocycles. The Hall–Kier alpha value is -3.60. The summed E-state index contributed by atoms with van der Waals surface area (Å²) >= 11 is 0. The smallest absolute Gasteiger partial charge is 0.201 e. The van der Waals surface area contributed by atoms with Crippen molar-refractivity contribution < 1.29 is 14.6 Å². The second-order valence-electron chi connectivity index (χ2n) is 6.01. The van der Waals surface area contributed by atoms with E-state index in [2.05, 4.69) is 0 Å². The lowest BCUT2D eigenvalue weighted by atomic mass is 9.94. The molecule has 0 saturated carbocycles. The maximum atomic E-state index is 12.8. The van der Waals surface area contributed by atoms with Crippen molar-refractivity contribution in [3.8, 4) is 11.5 Å². The summed E-state index contributed by atoms with van der Waals surface area (Å²) in [6, 6.07) is 12.7. The standard InChI is InChI=1S/C20H10O5/c21-9-7-13-17-15(8-9)25-20-12(5-6-14(22)19(20)24)16(17)10-3-1-2-4-11(10)18(13)23/h1-8,22,24H. The van der Waals surface area contributed by atoms with Gasteiger partial charge in [-0.15, -0.1) is 0 Å². The van der Waals surface area contributed by atoms with Gasteiger partial charge in [0.2, 0.25) is 5.75 Å². The van der Waals surface area contributed by atoms with E-state index >= 15 is 0 Å². The Balaban J connectivity index is 2.30. The lowest BCUT2D eigenvalue weighted by molar-refractivity contribution is 0.401. The van der Waals surface area contributed by atoms with Crippen molar-refractivity contribution in [2.24, 2.45) is 0 Å². The largest absolute Gasteiger partial charge is 0.504 e. The number of hydrogen-bond acceptors (Lipinski definition) is 5. The van der Waals surface area contributed by atoms with Crippen molar-refractivity contribution in [3.63, 3.8) is 0 Å². The van der Waals surface area contributed by atoms with Crippen molar-refractivity contribution in [2.75, 3.05) is 0 Å². The van der Waals surface area contributed by atoms with E-state index in [1.54, 1.807) is 18.2 Å². The molecular formula is C20H10O5. The first kappa shape index (κ1) is 13.8. The summed E-state index contributed by atoms with van der Waals surface area (Å²) in [6.45, 7) is 0. The van der Waals surface area contributed by atoms with Gasteiger partial charge in [0.05, 0.1) is 0 Å². The number of rotatable bonds is 0. The molecule has 0 aliphatic rings. The number of hydrogen-bond donors (Lipinski definition) is 2. The van der Waals surface area contributed by atoms with E-state index in [1.165, 1.54) is 18.2 Å². The number of benzene rings is 4. The van der Waals surface area contributed by atoms with Crippen LogP contribution in [0.1, 0.15) is 0 Å². The Morgan fingerprint density at radius 3 is 2.32 bits per heavy atom. The minimum Gasteiger partial charge on any atom is -0.504 e. The van der Waals surface area contributed by atoms with E-state index in [1.807, 2.05) is 12.1 Å². The van der Waals surface area contributed by atoms with E-state index in [9.17, 15) is 19.8 Å². The summed E-state index contributed by atoms with van der Waals surface area (Å²) < 4.78 is 5.70. The van der Waals surface area contributed by atoms with Crippen LogP contribution in [-0.4, -0.2) is 10.2 Å². The molecule has 0 saturated heterocycles. The Labute approximate surface area is 139 Å². The van der Waals surface area contributed by atoms with Gasteiger partial charge < -0.3 is 14.6 Å². The first-order chi connectivity index (χ1) is 12.1. The number of phenolic OH excluding ortho intramolecular Hbond substituents is 2. The highest BCUT2D eigenvalue weighted by Gasteiger charge is 2.19. The number of fused-ring (bicyclic) bond motifs is 4. The molecule has 0 spiro atoms. The zero-order valence-electron chi connectivity index (χ0n) is 12.7. The first-order valence-corrected chi connectivity index (χ1v) is 7.66. The van der Waals surface area contributed by atoms with Crippen molar-refractivity contribution >= 4 is 43.5 Å². The van der Waals surface area contributed by atoms with Gasteiger partial charge in [-0.2, -0.15) is 0 Å². The molecule has 2 N–H and O–H groups in total. The molecule has 0 unspecified atom stereocenters. The molecule has 0 radical (unpaired) electrons. The highest BCUT2D eigenvalue weighted by Crippen LogP contribution is 2.41. The number of phenols is 2. The lowest BCUT2D eigenvalue weighted by Gasteiger charge is -2.12. The van der Waals surface area contributed by atoms with Crippen LogP contribution in [0.5, 0.6) is 11.5 Å². The minimum atomic E-state index is -0.400. The molecule has 5 aromatic rings.